The number of sulfone groups is 1. The lowest BCUT2D eigenvalue weighted by Gasteiger charge is -2.38. The number of benzene rings is 1. The summed E-state index contributed by atoms with van der Waals surface area (Å²) in [5.74, 6) is 2.33. The Kier molecular flexibility index (Phi) is 9.28. The second-order valence-corrected chi connectivity index (χ2v) is 9.44. The summed E-state index contributed by atoms with van der Waals surface area (Å²) < 4.78 is 28.3. The number of rotatable bonds is 5. The van der Waals surface area contributed by atoms with Crippen LogP contribution in [0.3, 0.4) is 0 Å². The topological polar surface area (TPSA) is 77.5 Å². The van der Waals surface area contributed by atoms with E-state index in [2.05, 4.69) is 37.1 Å². The molecule has 0 unspecified atom stereocenters. The average molecular weight is 537 g/mol. The number of nitrogens with zero attached hydrogens (tertiary/aromatic N) is 4. The number of halogens is 1. The van der Waals surface area contributed by atoms with Gasteiger partial charge in [0.05, 0.1) is 18.6 Å². The molecule has 2 aliphatic rings. The van der Waals surface area contributed by atoms with E-state index in [4.69, 9.17) is 4.74 Å². The first-order valence-corrected chi connectivity index (χ1v) is 11.6. The SMILES string of the molecule is CN=C(NCCN1CCS(=O)(=O)CC1)N1CCN(c2ccc(OC)cc2)CC1.I. The van der Waals surface area contributed by atoms with Crippen molar-refractivity contribution in [2.24, 2.45) is 4.99 Å². The molecule has 2 aliphatic heterocycles. The van der Waals surface area contributed by atoms with Crippen molar-refractivity contribution in [3.05, 3.63) is 24.3 Å². The van der Waals surface area contributed by atoms with Crippen LogP contribution in [0.2, 0.25) is 0 Å². The van der Waals surface area contributed by atoms with Gasteiger partial charge in [0.1, 0.15) is 5.75 Å². The highest BCUT2D eigenvalue weighted by atomic mass is 127. The smallest absolute Gasteiger partial charge is 0.193 e. The predicted octanol–water partition coefficient (Wildman–Crippen LogP) is 0.741. The Hall–Kier alpha value is -1.27. The first-order chi connectivity index (χ1) is 13.5. The van der Waals surface area contributed by atoms with Crippen LogP contribution in [0, 0.1) is 0 Å². The molecule has 1 aromatic rings. The van der Waals surface area contributed by atoms with E-state index in [-0.39, 0.29) is 35.5 Å². The zero-order chi connectivity index (χ0) is 20.0. The third-order valence-electron chi connectivity index (χ3n) is 5.38. The number of ether oxygens (including phenoxy) is 1. The highest BCUT2D eigenvalue weighted by molar-refractivity contribution is 14.0. The molecule has 0 radical (unpaired) electrons. The van der Waals surface area contributed by atoms with E-state index < -0.39 is 9.84 Å². The number of hydrogen-bond donors (Lipinski definition) is 1. The molecule has 2 saturated heterocycles. The quantitative estimate of drug-likeness (QED) is 0.338. The predicted molar refractivity (Wildman–Crippen MR) is 129 cm³/mol. The fourth-order valence-corrected chi connectivity index (χ4v) is 4.88. The molecule has 0 saturated carbocycles. The Labute approximate surface area is 191 Å². The van der Waals surface area contributed by atoms with Crippen molar-refractivity contribution >= 4 is 45.5 Å². The zero-order valence-corrected chi connectivity index (χ0v) is 20.4. The van der Waals surface area contributed by atoms with Crippen molar-refractivity contribution in [3.8, 4) is 5.75 Å². The van der Waals surface area contributed by atoms with E-state index in [1.54, 1.807) is 7.11 Å². The number of piperazine rings is 1. The van der Waals surface area contributed by atoms with E-state index in [9.17, 15) is 8.42 Å². The van der Waals surface area contributed by atoms with E-state index in [1.807, 2.05) is 19.2 Å². The minimum atomic E-state index is -2.82. The summed E-state index contributed by atoms with van der Waals surface area (Å²) in [5.41, 5.74) is 1.21. The van der Waals surface area contributed by atoms with Gasteiger partial charge in [-0.2, -0.15) is 0 Å². The van der Waals surface area contributed by atoms with Crippen molar-refractivity contribution in [2.75, 3.05) is 82.9 Å². The van der Waals surface area contributed by atoms with Gasteiger partial charge in [-0.15, -0.1) is 24.0 Å². The van der Waals surface area contributed by atoms with Crippen LogP contribution in [-0.2, 0) is 9.84 Å². The first kappa shape index (κ1) is 24.0. The Bertz CT molecular complexity index is 751. The highest BCUT2D eigenvalue weighted by Gasteiger charge is 2.22. The molecule has 0 spiro atoms. The van der Waals surface area contributed by atoms with Crippen LogP contribution in [-0.4, -0.2) is 102 Å². The summed E-state index contributed by atoms with van der Waals surface area (Å²) in [5, 5.41) is 3.43. The van der Waals surface area contributed by atoms with Crippen LogP contribution in [0.4, 0.5) is 5.69 Å². The molecule has 0 aromatic heterocycles. The molecule has 2 fully saturated rings. The number of guanidine groups is 1. The van der Waals surface area contributed by atoms with Crippen LogP contribution in [0.5, 0.6) is 5.75 Å². The lowest BCUT2D eigenvalue weighted by atomic mass is 10.2. The van der Waals surface area contributed by atoms with Gasteiger partial charge in [0.25, 0.3) is 0 Å². The standard InChI is InChI=1S/C19H31N5O3S.HI/c1-20-19(21-7-8-22-13-15-28(25,26)16-14-22)24-11-9-23(10-12-24)17-3-5-18(27-2)6-4-17;/h3-6H,7-16H2,1-2H3,(H,20,21);1H. The summed E-state index contributed by atoms with van der Waals surface area (Å²) in [7, 11) is 0.675. The fraction of sp³-hybridized carbons (Fsp3) is 0.632. The van der Waals surface area contributed by atoms with Crippen LogP contribution < -0.4 is 15.0 Å². The van der Waals surface area contributed by atoms with Crippen molar-refractivity contribution in [1.82, 2.24) is 15.1 Å². The Morgan fingerprint density at radius 3 is 2.24 bits per heavy atom. The number of nitrogens with one attached hydrogen (secondary N) is 1. The number of methoxy groups -OCH3 is 1. The van der Waals surface area contributed by atoms with E-state index in [0.717, 1.165) is 51.0 Å². The molecular weight excluding hydrogens is 505 g/mol. The molecule has 29 heavy (non-hydrogen) atoms. The first-order valence-electron chi connectivity index (χ1n) is 9.78. The summed E-state index contributed by atoms with van der Waals surface area (Å²) in [6, 6.07) is 8.18. The van der Waals surface area contributed by atoms with Gasteiger partial charge in [0, 0.05) is 65.1 Å². The van der Waals surface area contributed by atoms with Gasteiger partial charge < -0.3 is 19.9 Å². The number of hydrogen-bond acceptors (Lipinski definition) is 6. The maximum atomic E-state index is 11.5. The molecule has 0 aliphatic carbocycles. The summed E-state index contributed by atoms with van der Waals surface area (Å²) in [4.78, 5) is 11.3. The Morgan fingerprint density at radius 1 is 1.07 bits per heavy atom. The maximum Gasteiger partial charge on any atom is 0.193 e. The molecule has 2 heterocycles. The van der Waals surface area contributed by atoms with Gasteiger partial charge in [-0.05, 0) is 24.3 Å². The third-order valence-corrected chi connectivity index (χ3v) is 6.99. The summed E-state index contributed by atoms with van der Waals surface area (Å²) >= 11 is 0. The molecule has 0 amide bonds. The van der Waals surface area contributed by atoms with E-state index in [1.165, 1.54) is 5.69 Å². The summed E-state index contributed by atoms with van der Waals surface area (Å²) in [6.07, 6.45) is 0. The van der Waals surface area contributed by atoms with Crippen molar-refractivity contribution in [3.63, 3.8) is 0 Å². The molecule has 10 heteroatoms. The van der Waals surface area contributed by atoms with Gasteiger partial charge in [-0.25, -0.2) is 8.42 Å². The molecule has 1 aromatic carbocycles. The van der Waals surface area contributed by atoms with Gasteiger partial charge in [-0.3, -0.25) is 9.89 Å². The third kappa shape index (κ3) is 6.88. The lowest BCUT2D eigenvalue weighted by Crippen LogP contribution is -2.53. The average Bonchev–Trinajstić information content (AvgIpc) is 2.72. The molecule has 0 bridgehead atoms. The molecule has 164 valence electrons. The van der Waals surface area contributed by atoms with Gasteiger partial charge in [-0.1, -0.05) is 0 Å². The molecule has 1 N–H and O–H groups in total. The van der Waals surface area contributed by atoms with Crippen molar-refractivity contribution < 1.29 is 13.2 Å². The van der Waals surface area contributed by atoms with Crippen LogP contribution in [0.15, 0.2) is 29.3 Å². The minimum absolute atomic E-state index is 0. The second kappa shape index (κ2) is 11.2. The lowest BCUT2D eigenvalue weighted by molar-refractivity contribution is 0.296. The van der Waals surface area contributed by atoms with Crippen LogP contribution in [0.25, 0.3) is 0 Å². The van der Waals surface area contributed by atoms with Crippen LogP contribution in [0.1, 0.15) is 0 Å². The summed E-state index contributed by atoms with van der Waals surface area (Å²) in [6.45, 7) is 6.56. The largest absolute Gasteiger partial charge is 0.497 e. The zero-order valence-electron chi connectivity index (χ0n) is 17.2. The van der Waals surface area contributed by atoms with Gasteiger partial charge in [0.15, 0.2) is 15.8 Å². The Balaban J connectivity index is 0.00000300. The van der Waals surface area contributed by atoms with E-state index >= 15 is 0 Å². The maximum absolute atomic E-state index is 11.5. The molecular formula is C19H32IN5O3S. The molecule has 8 nitrogen and oxygen atoms in total. The van der Waals surface area contributed by atoms with Crippen molar-refractivity contribution in [2.45, 2.75) is 0 Å². The molecule has 0 atom stereocenters. The van der Waals surface area contributed by atoms with Gasteiger partial charge in [0.2, 0.25) is 0 Å². The Morgan fingerprint density at radius 2 is 1.69 bits per heavy atom. The number of aliphatic imine (C=N–C) groups is 1. The van der Waals surface area contributed by atoms with E-state index in [0.29, 0.717) is 13.1 Å². The fourth-order valence-electron chi connectivity index (χ4n) is 3.60. The monoisotopic (exact) mass is 537 g/mol. The highest BCUT2D eigenvalue weighted by Crippen LogP contribution is 2.20. The van der Waals surface area contributed by atoms with Crippen molar-refractivity contribution in [1.29, 1.82) is 0 Å². The normalized spacial score (nSPS) is 20.1. The second-order valence-electron chi connectivity index (χ2n) is 7.14. The molecule has 3 rings (SSSR count). The number of anilines is 1. The minimum Gasteiger partial charge on any atom is -0.497 e. The van der Waals surface area contributed by atoms with Gasteiger partial charge >= 0.3 is 0 Å². The van der Waals surface area contributed by atoms with Crippen LogP contribution >= 0.6 is 24.0 Å².